The predicted molar refractivity (Wildman–Crippen MR) is 132 cm³/mol. The first-order chi connectivity index (χ1) is 15.6. The van der Waals surface area contributed by atoms with Crippen molar-refractivity contribution in [2.75, 3.05) is 0 Å². The molecule has 0 fully saturated rings. The molecule has 1 unspecified atom stereocenters. The van der Waals surface area contributed by atoms with Gasteiger partial charge in [-0.1, -0.05) is 78.9 Å². The lowest BCUT2D eigenvalue weighted by atomic mass is 9.84. The Morgan fingerprint density at radius 1 is 0.750 bits per heavy atom. The molecule has 158 valence electrons. The molecule has 1 atom stereocenters. The summed E-state index contributed by atoms with van der Waals surface area (Å²) in [5.74, 6) is -0.884. The SMILES string of the molecule is NC1CCc2c(ccc3c2ccc2ccccc23)C1.O=C(O)c1ccc2ccccc2c1. The van der Waals surface area contributed by atoms with Crippen LogP contribution >= 0.6 is 0 Å². The van der Waals surface area contributed by atoms with Crippen LogP contribution in [0.4, 0.5) is 0 Å². The first-order valence-corrected chi connectivity index (χ1v) is 11.0. The number of hydrogen-bond donors (Lipinski definition) is 2. The average molecular weight is 420 g/mol. The van der Waals surface area contributed by atoms with Gasteiger partial charge in [0.05, 0.1) is 5.56 Å². The Bertz CT molecular complexity index is 1450. The van der Waals surface area contributed by atoms with E-state index in [2.05, 4.69) is 48.5 Å². The van der Waals surface area contributed by atoms with Crippen LogP contribution in [0.2, 0.25) is 0 Å². The summed E-state index contributed by atoms with van der Waals surface area (Å²) < 4.78 is 0. The van der Waals surface area contributed by atoms with Crippen molar-refractivity contribution in [3.8, 4) is 0 Å². The van der Waals surface area contributed by atoms with Crippen molar-refractivity contribution in [2.45, 2.75) is 25.3 Å². The van der Waals surface area contributed by atoms with Gasteiger partial charge >= 0.3 is 5.97 Å². The fraction of sp³-hybridized carbons (Fsp3) is 0.138. The fourth-order valence-corrected chi connectivity index (χ4v) is 4.72. The third kappa shape index (κ3) is 3.83. The van der Waals surface area contributed by atoms with E-state index < -0.39 is 5.97 Å². The third-order valence-electron chi connectivity index (χ3n) is 6.38. The maximum atomic E-state index is 10.6. The molecule has 0 heterocycles. The maximum Gasteiger partial charge on any atom is 0.335 e. The second kappa shape index (κ2) is 8.45. The quantitative estimate of drug-likeness (QED) is 0.311. The van der Waals surface area contributed by atoms with Crippen molar-refractivity contribution in [3.63, 3.8) is 0 Å². The Morgan fingerprint density at radius 2 is 1.44 bits per heavy atom. The molecular weight excluding hydrogens is 394 g/mol. The van der Waals surface area contributed by atoms with Crippen molar-refractivity contribution in [1.82, 2.24) is 0 Å². The van der Waals surface area contributed by atoms with E-state index in [1.54, 1.807) is 12.1 Å². The molecule has 6 rings (SSSR count). The average Bonchev–Trinajstić information content (AvgIpc) is 2.83. The van der Waals surface area contributed by atoms with Gasteiger partial charge in [-0.15, -0.1) is 0 Å². The largest absolute Gasteiger partial charge is 0.478 e. The van der Waals surface area contributed by atoms with Crippen molar-refractivity contribution >= 4 is 38.3 Å². The molecule has 0 saturated carbocycles. The van der Waals surface area contributed by atoms with Gasteiger partial charge in [-0.25, -0.2) is 4.79 Å². The highest BCUT2D eigenvalue weighted by Crippen LogP contribution is 2.32. The molecule has 0 spiro atoms. The minimum Gasteiger partial charge on any atom is -0.478 e. The minimum atomic E-state index is -0.884. The molecule has 3 nitrogen and oxygen atoms in total. The highest BCUT2D eigenvalue weighted by Gasteiger charge is 2.17. The van der Waals surface area contributed by atoms with Gasteiger partial charge in [0.1, 0.15) is 0 Å². The summed E-state index contributed by atoms with van der Waals surface area (Å²) in [5.41, 5.74) is 9.38. The lowest BCUT2D eigenvalue weighted by Gasteiger charge is -2.23. The van der Waals surface area contributed by atoms with Gasteiger partial charge in [-0.05, 0) is 74.8 Å². The molecule has 0 aromatic heterocycles. The lowest BCUT2D eigenvalue weighted by molar-refractivity contribution is 0.0697. The number of carboxylic acids is 1. The Labute approximate surface area is 187 Å². The number of carboxylic acid groups (broad SMARTS) is 1. The summed E-state index contributed by atoms with van der Waals surface area (Å²) in [6, 6.07) is 30.9. The third-order valence-corrected chi connectivity index (χ3v) is 6.38. The van der Waals surface area contributed by atoms with Gasteiger partial charge in [0, 0.05) is 6.04 Å². The molecule has 3 heteroatoms. The highest BCUT2D eigenvalue weighted by molar-refractivity contribution is 6.08. The van der Waals surface area contributed by atoms with Crippen molar-refractivity contribution in [3.05, 3.63) is 108 Å². The lowest BCUT2D eigenvalue weighted by Crippen LogP contribution is -2.27. The summed E-state index contributed by atoms with van der Waals surface area (Å²) in [5, 5.41) is 16.2. The molecule has 0 radical (unpaired) electrons. The summed E-state index contributed by atoms with van der Waals surface area (Å²) in [4.78, 5) is 10.6. The van der Waals surface area contributed by atoms with E-state index in [1.807, 2.05) is 30.3 Å². The van der Waals surface area contributed by atoms with Gasteiger partial charge in [0.25, 0.3) is 0 Å². The first-order valence-electron chi connectivity index (χ1n) is 11.0. The second-order valence-corrected chi connectivity index (χ2v) is 8.46. The van der Waals surface area contributed by atoms with Crippen LogP contribution in [0.1, 0.15) is 27.9 Å². The monoisotopic (exact) mass is 419 g/mol. The van der Waals surface area contributed by atoms with Crippen LogP contribution in [-0.2, 0) is 12.8 Å². The number of carbonyl (C=O) groups is 1. The molecule has 0 aliphatic heterocycles. The number of aryl methyl sites for hydroxylation is 1. The van der Waals surface area contributed by atoms with Gasteiger partial charge in [0.2, 0.25) is 0 Å². The Kier molecular flexibility index (Phi) is 5.34. The summed E-state index contributed by atoms with van der Waals surface area (Å²) in [6.45, 7) is 0. The van der Waals surface area contributed by atoms with E-state index in [0.29, 0.717) is 11.6 Å². The molecule has 1 aliphatic rings. The Balaban J connectivity index is 0.000000146. The molecule has 0 amide bonds. The zero-order valence-electron chi connectivity index (χ0n) is 17.8. The van der Waals surface area contributed by atoms with Gasteiger partial charge < -0.3 is 10.8 Å². The van der Waals surface area contributed by atoms with Crippen LogP contribution in [0.15, 0.2) is 91.0 Å². The van der Waals surface area contributed by atoms with Crippen molar-refractivity contribution < 1.29 is 9.90 Å². The molecule has 1 aliphatic carbocycles. The highest BCUT2D eigenvalue weighted by atomic mass is 16.4. The number of hydrogen-bond acceptors (Lipinski definition) is 2. The predicted octanol–water partition coefficient (Wildman–Crippen LogP) is 6.35. The van der Waals surface area contributed by atoms with Gasteiger partial charge in [0.15, 0.2) is 0 Å². The van der Waals surface area contributed by atoms with Crippen LogP contribution in [0.3, 0.4) is 0 Å². The molecule has 32 heavy (non-hydrogen) atoms. The van der Waals surface area contributed by atoms with Crippen LogP contribution in [0, 0.1) is 0 Å². The topological polar surface area (TPSA) is 63.3 Å². The van der Waals surface area contributed by atoms with E-state index in [0.717, 1.165) is 30.0 Å². The van der Waals surface area contributed by atoms with E-state index in [9.17, 15) is 4.79 Å². The minimum absolute atomic E-state index is 0.332. The molecule has 0 saturated heterocycles. The second-order valence-electron chi connectivity index (χ2n) is 8.46. The van der Waals surface area contributed by atoms with Crippen LogP contribution < -0.4 is 5.73 Å². The van der Waals surface area contributed by atoms with Gasteiger partial charge in [-0.2, -0.15) is 0 Å². The summed E-state index contributed by atoms with van der Waals surface area (Å²) >= 11 is 0. The normalized spacial score (nSPS) is 15.2. The van der Waals surface area contributed by atoms with Crippen LogP contribution in [0.5, 0.6) is 0 Å². The number of nitrogens with two attached hydrogens (primary N) is 1. The number of rotatable bonds is 1. The molecule has 3 N–H and O–H groups in total. The van der Waals surface area contributed by atoms with Crippen molar-refractivity contribution in [2.24, 2.45) is 5.73 Å². The van der Waals surface area contributed by atoms with E-state index in [1.165, 1.54) is 32.7 Å². The number of benzene rings is 5. The summed E-state index contributed by atoms with van der Waals surface area (Å²) in [7, 11) is 0. The number of aromatic carboxylic acids is 1. The van der Waals surface area contributed by atoms with Crippen LogP contribution in [0.25, 0.3) is 32.3 Å². The van der Waals surface area contributed by atoms with E-state index >= 15 is 0 Å². The zero-order valence-corrected chi connectivity index (χ0v) is 17.8. The molecular formula is C29H25NO2. The van der Waals surface area contributed by atoms with E-state index in [-0.39, 0.29) is 0 Å². The molecule has 0 bridgehead atoms. The smallest absolute Gasteiger partial charge is 0.335 e. The Hall–Kier alpha value is -3.69. The Morgan fingerprint density at radius 3 is 2.25 bits per heavy atom. The maximum absolute atomic E-state index is 10.6. The van der Waals surface area contributed by atoms with E-state index in [4.69, 9.17) is 10.8 Å². The number of fused-ring (bicyclic) bond motifs is 6. The molecule has 5 aromatic rings. The van der Waals surface area contributed by atoms with Crippen LogP contribution in [-0.4, -0.2) is 17.1 Å². The zero-order chi connectivity index (χ0) is 22.1. The molecule has 5 aromatic carbocycles. The van der Waals surface area contributed by atoms with Crippen molar-refractivity contribution in [1.29, 1.82) is 0 Å². The summed E-state index contributed by atoms with van der Waals surface area (Å²) in [6.07, 6.45) is 3.25. The fourth-order valence-electron chi connectivity index (χ4n) is 4.72. The van der Waals surface area contributed by atoms with Gasteiger partial charge in [-0.3, -0.25) is 0 Å². The standard InChI is InChI=1S/C18H17N.C11H8O2/c19-14-7-10-16-13(11-14)6-9-17-15-4-2-1-3-12(15)5-8-18(16)17;12-11(13)10-6-5-8-3-1-2-4-9(8)7-10/h1-6,8-9,14H,7,10-11,19H2;1-7H,(H,12,13). The first kappa shape index (κ1) is 20.2.